The molecule has 0 amide bonds. The van der Waals surface area contributed by atoms with Gasteiger partial charge in [0, 0.05) is 0 Å². The Morgan fingerprint density at radius 3 is 2.00 bits per heavy atom. The molecule has 5 heteroatoms. The van der Waals surface area contributed by atoms with Gasteiger partial charge in [-0.1, -0.05) is 18.2 Å². The third-order valence-corrected chi connectivity index (χ3v) is 0.536. The summed E-state index contributed by atoms with van der Waals surface area (Å²) in [6.07, 6.45) is 5.74. The summed E-state index contributed by atoms with van der Waals surface area (Å²) < 4.78 is 0. The summed E-state index contributed by atoms with van der Waals surface area (Å²) in [6.45, 7) is 1.81. The molecule has 52 valence electrons. The van der Waals surface area contributed by atoms with Crippen LogP contribution < -0.4 is 108 Å². The first-order valence-corrected chi connectivity index (χ1v) is 2.27. The number of carbonyl (C=O) groups is 1. The topological polar surface area (TPSA) is 70.1 Å². The minimum Gasteiger partial charge on any atom is -0.870 e. The quantitative estimate of drug-likeness (QED) is 0.256. The first-order valence-electron chi connectivity index (χ1n) is 2.27. The van der Waals surface area contributed by atoms with Crippen molar-refractivity contribution in [1.82, 2.24) is 0 Å². The van der Waals surface area contributed by atoms with Crippen molar-refractivity contribution < 1.29 is 118 Å². The first-order chi connectivity index (χ1) is 3.77. The van der Waals surface area contributed by atoms with Crippen LogP contribution in [0.2, 0.25) is 0 Å². The van der Waals surface area contributed by atoms with Crippen LogP contribution in [-0.4, -0.2) is 11.4 Å². The average Bonchev–Trinajstić information content (AvgIpc) is 1.66. The number of allylic oxidation sites excluding steroid dienone is 3. The molecule has 0 bridgehead atoms. The number of carboxylic acids is 1. The maximum absolute atomic E-state index is 9.64. The summed E-state index contributed by atoms with van der Waals surface area (Å²) in [5.41, 5.74) is 0. The fraction of sp³-hybridized carbons (Fsp3) is 0.167. The van der Waals surface area contributed by atoms with Crippen molar-refractivity contribution in [3.63, 3.8) is 0 Å². The summed E-state index contributed by atoms with van der Waals surface area (Å²) in [4.78, 5) is 9.64. The molecule has 0 fully saturated rings. The van der Waals surface area contributed by atoms with Gasteiger partial charge in [0.15, 0.2) is 0 Å². The van der Waals surface area contributed by atoms with E-state index in [1.807, 2.05) is 0 Å². The van der Waals surface area contributed by atoms with Crippen LogP contribution in [0.1, 0.15) is 6.92 Å². The summed E-state index contributed by atoms with van der Waals surface area (Å²) in [6, 6.07) is 0. The molecule has 0 aliphatic carbocycles. The monoisotopic (exact) mass is 206 g/mol. The molecular weight excluding hydrogens is 198 g/mol. The van der Waals surface area contributed by atoms with Gasteiger partial charge in [-0.25, -0.2) is 0 Å². The Labute approximate surface area is 151 Å². The van der Waals surface area contributed by atoms with Crippen LogP contribution in [0, 0.1) is 0 Å². The molecule has 0 unspecified atom stereocenters. The Morgan fingerprint density at radius 2 is 1.73 bits per heavy atom. The second kappa shape index (κ2) is 18.1. The molecular formula is C6H8K2O3. The molecule has 0 saturated carbocycles. The predicted octanol–water partition coefficient (Wildman–Crippen LogP) is -6.30. The standard InChI is InChI=1S/C6H8O2.2K.H2O/c1-2-3-4-5-6(7)8;;;/h2-5H,1H3,(H,7,8);;;1H2/q;2*+1;/p-2/b3-2+,5-4+;;;. The molecule has 1 N–H and O–H groups in total. The number of aliphatic carboxylic acids is 1. The van der Waals surface area contributed by atoms with E-state index >= 15 is 0 Å². The molecule has 0 heterocycles. The van der Waals surface area contributed by atoms with E-state index in [2.05, 4.69) is 0 Å². The number of rotatable bonds is 2. The van der Waals surface area contributed by atoms with E-state index in [9.17, 15) is 9.90 Å². The average molecular weight is 206 g/mol. The molecule has 0 aliphatic rings. The van der Waals surface area contributed by atoms with Gasteiger partial charge in [0.25, 0.3) is 0 Å². The van der Waals surface area contributed by atoms with Gasteiger partial charge in [-0.15, -0.1) is 0 Å². The van der Waals surface area contributed by atoms with E-state index in [0.717, 1.165) is 6.08 Å². The zero-order chi connectivity index (χ0) is 6.41. The maximum atomic E-state index is 9.64. The summed E-state index contributed by atoms with van der Waals surface area (Å²) in [7, 11) is 0. The third kappa shape index (κ3) is 24.5. The van der Waals surface area contributed by atoms with Crippen molar-refractivity contribution in [1.29, 1.82) is 0 Å². The summed E-state index contributed by atoms with van der Waals surface area (Å²) in [5.74, 6) is -1.16. The fourth-order valence-electron chi connectivity index (χ4n) is 0.245. The number of hydrogen-bond donors (Lipinski definition) is 0. The number of carboxylic acid groups (broad SMARTS) is 1. The summed E-state index contributed by atoms with van der Waals surface area (Å²) in [5, 5.41) is 9.64. The minimum atomic E-state index is -1.16. The Kier molecular flexibility index (Phi) is 38.1. The molecule has 0 atom stereocenters. The van der Waals surface area contributed by atoms with Crippen LogP contribution in [0.5, 0.6) is 0 Å². The Bertz CT molecular complexity index is 132. The van der Waals surface area contributed by atoms with E-state index in [0.29, 0.717) is 0 Å². The first kappa shape index (κ1) is 23.2. The van der Waals surface area contributed by atoms with Crippen LogP contribution in [-0.2, 0) is 4.79 Å². The molecule has 3 nitrogen and oxygen atoms in total. The molecule has 11 heavy (non-hydrogen) atoms. The molecule has 0 aromatic carbocycles. The van der Waals surface area contributed by atoms with E-state index in [1.54, 1.807) is 19.1 Å². The Morgan fingerprint density at radius 1 is 1.27 bits per heavy atom. The van der Waals surface area contributed by atoms with Gasteiger partial charge >= 0.3 is 103 Å². The van der Waals surface area contributed by atoms with Gasteiger partial charge in [0.1, 0.15) is 0 Å². The second-order valence-electron chi connectivity index (χ2n) is 1.20. The van der Waals surface area contributed by atoms with Crippen molar-refractivity contribution >= 4 is 5.97 Å². The van der Waals surface area contributed by atoms with Crippen molar-refractivity contribution in [3.05, 3.63) is 24.3 Å². The predicted molar refractivity (Wildman–Crippen MR) is 30.9 cm³/mol. The van der Waals surface area contributed by atoms with Crippen molar-refractivity contribution in [3.8, 4) is 0 Å². The Balaban J connectivity index is -0.0000000817. The van der Waals surface area contributed by atoms with Crippen LogP contribution in [0.3, 0.4) is 0 Å². The van der Waals surface area contributed by atoms with Gasteiger partial charge < -0.3 is 15.4 Å². The smallest absolute Gasteiger partial charge is 0.870 e. The van der Waals surface area contributed by atoms with Gasteiger partial charge in [-0.05, 0) is 13.0 Å². The normalized spacial score (nSPS) is 8.09. The fourth-order valence-corrected chi connectivity index (χ4v) is 0.245. The van der Waals surface area contributed by atoms with Crippen molar-refractivity contribution in [2.45, 2.75) is 6.92 Å². The van der Waals surface area contributed by atoms with E-state index in [4.69, 9.17) is 0 Å². The molecule has 0 radical (unpaired) electrons. The van der Waals surface area contributed by atoms with Crippen molar-refractivity contribution in [2.24, 2.45) is 0 Å². The zero-order valence-electron chi connectivity index (χ0n) is 7.07. The summed E-state index contributed by atoms with van der Waals surface area (Å²) >= 11 is 0. The molecule has 0 rings (SSSR count). The van der Waals surface area contributed by atoms with Crippen LogP contribution in [0.4, 0.5) is 0 Å². The third-order valence-electron chi connectivity index (χ3n) is 0.536. The Hall–Kier alpha value is 2.18. The molecule has 0 spiro atoms. The van der Waals surface area contributed by atoms with Gasteiger partial charge in [-0.3, -0.25) is 0 Å². The number of hydrogen-bond acceptors (Lipinski definition) is 3. The van der Waals surface area contributed by atoms with Crippen LogP contribution in [0.15, 0.2) is 24.3 Å². The maximum Gasteiger partial charge on any atom is 1.00 e. The molecule has 0 aromatic rings. The van der Waals surface area contributed by atoms with E-state index in [-0.39, 0.29) is 108 Å². The largest absolute Gasteiger partial charge is 1.00 e. The van der Waals surface area contributed by atoms with Crippen LogP contribution >= 0.6 is 0 Å². The van der Waals surface area contributed by atoms with Crippen LogP contribution in [0.25, 0.3) is 0 Å². The second-order valence-corrected chi connectivity index (χ2v) is 1.20. The van der Waals surface area contributed by atoms with Crippen molar-refractivity contribution in [2.75, 3.05) is 0 Å². The number of carbonyl (C=O) groups excluding carboxylic acids is 1. The SMILES string of the molecule is C/C=C/C=C/C(=O)[O-].[K+].[K+].[OH-]. The van der Waals surface area contributed by atoms with E-state index in [1.165, 1.54) is 6.08 Å². The zero-order valence-corrected chi connectivity index (χ0v) is 13.3. The van der Waals surface area contributed by atoms with Gasteiger partial charge in [0.05, 0.1) is 5.97 Å². The van der Waals surface area contributed by atoms with E-state index < -0.39 is 5.97 Å². The molecule has 0 saturated heterocycles. The van der Waals surface area contributed by atoms with Gasteiger partial charge in [0.2, 0.25) is 0 Å². The van der Waals surface area contributed by atoms with Gasteiger partial charge in [-0.2, -0.15) is 0 Å². The minimum absolute atomic E-state index is 0. The molecule has 0 aromatic heterocycles. The molecule has 0 aliphatic heterocycles.